The number of anilines is 2. The second-order valence-corrected chi connectivity index (χ2v) is 8.83. The summed E-state index contributed by atoms with van der Waals surface area (Å²) in [5.74, 6) is 2.09. The maximum Gasteiger partial charge on any atom is 0.226 e. The van der Waals surface area contributed by atoms with Crippen molar-refractivity contribution in [3.63, 3.8) is 0 Å². The molecule has 1 fully saturated rings. The van der Waals surface area contributed by atoms with Gasteiger partial charge in [0.25, 0.3) is 0 Å². The minimum absolute atomic E-state index is 0.119. The summed E-state index contributed by atoms with van der Waals surface area (Å²) < 4.78 is 0. The molecule has 2 atom stereocenters. The standard InChI is InChI=1S/C27H29N5O/c33-27(21-8-3-1-4-9-21)32-17-7-10-22(19-32)26-30-24(20-13-15-28-16-14-20)18-25(31-26)29-23-11-5-2-6-12-23/h1-3,5-6,11-16,18,21-22H,4,7-10,17,19H2,(H,29,30,31)/t21-,22+/m1/s1. The SMILES string of the molecule is O=C([C@@H]1CC=CCC1)N1CCC[C@H](c2nc(Nc3ccccc3)cc(-c3ccncc3)n2)C1. The van der Waals surface area contributed by atoms with E-state index >= 15 is 0 Å². The number of aromatic nitrogens is 3. The van der Waals surface area contributed by atoms with Gasteiger partial charge >= 0.3 is 0 Å². The molecule has 1 saturated heterocycles. The number of allylic oxidation sites excluding steroid dienone is 2. The van der Waals surface area contributed by atoms with Crippen LogP contribution in [0.1, 0.15) is 43.8 Å². The minimum atomic E-state index is 0.119. The number of rotatable bonds is 5. The molecule has 0 spiro atoms. The number of hydrogen-bond donors (Lipinski definition) is 1. The zero-order chi connectivity index (χ0) is 22.5. The van der Waals surface area contributed by atoms with Crippen molar-refractivity contribution in [3.05, 3.63) is 78.9 Å². The maximum absolute atomic E-state index is 13.2. The van der Waals surface area contributed by atoms with E-state index in [1.165, 1.54) is 0 Å². The molecule has 1 aliphatic carbocycles. The van der Waals surface area contributed by atoms with Gasteiger partial charge in [0.15, 0.2) is 0 Å². The first-order chi connectivity index (χ1) is 16.3. The molecule has 6 nitrogen and oxygen atoms in total. The fourth-order valence-electron chi connectivity index (χ4n) is 4.72. The van der Waals surface area contributed by atoms with Crippen LogP contribution < -0.4 is 5.32 Å². The van der Waals surface area contributed by atoms with E-state index < -0.39 is 0 Å². The molecule has 1 aliphatic heterocycles. The molecule has 2 aliphatic rings. The Hall–Kier alpha value is -3.54. The van der Waals surface area contributed by atoms with Crippen LogP contribution in [0.4, 0.5) is 11.5 Å². The van der Waals surface area contributed by atoms with Crippen molar-refractivity contribution in [2.45, 2.75) is 38.0 Å². The Morgan fingerprint density at radius 1 is 1.00 bits per heavy atom. The van der Waals surface area contributed by atoms with Gasteiger partial charge in [0, 0.05) is 54.6 Å². The quantitative estimate of drug-likeness (QED) is 0.543. The van der Waals surface area contributed by atoms with E-state index in [2.05, 4.69) is 22.5 Å². The number of nitrogens with zero attached hydrogens (tertiary/aromatic N) is 4. The third-order valence-corrected chi connectivity index (χ3v) is 6.48. The Kier molecular flexibility index (Phi) is 6.42. The number of piperidine rings is 1. The Balaban J connectivity index is 1.42. The first-order valence-corrected chi connectivity index (χ1v) is 11.8. The lowest BCUT2D eigenvalue weighted by Gasteiger charge is -2.35. The Labute approximate surface area is 194 Å². The number of hydrogen-bond acceptors (Lipinski definition) is 5. The molecule has 1 N–H and O–H groups in total. The van der Waals surface area contributed by atoms with Crippen LogP contribution in [-0.2, 0) is 4.79 Å². The largest absolute Gasteiger partial charge is 0.342 e. The highest BCUT2D eigenvalue weighted by molar-refractivity contribution is 5.79. The number of para-hydroxylation sites is 1. The summed E-state index contributed by atoms with van der Waals surface area (Å²) in [4.78, 5) is 29.2. The van der Waals surface area contributed by atoms with Gasteiger partial charge in [-0.1, -0.05) is 30.4 Å². The van der Waals surface area contributed by atoms with Crippen molar-refractivity contribution in [3.8, 4) is 11.3 Å². The third-order valence-electron chi connectivity index (χ3n) is 6.48. The average molecular weight is 440 g/mol. The van der Waals surface area contributed by atoms with Crippen LogP contribution in [-0.4, -0.2) is 38.8 Å². The van der Waals surface area contributed by atoms with E-state index in [0.717, 1.165) is 67.2 Å². The zero-order valence-electron chi connectivity index (χ0n) is 18.7. The number of carbonyl (C=O) groups is 1. The number of amides is 1. The van der Waals surface area contributed by atoms with E-state index in [-0.39, 0.29) is 17.7 Å². The number of likely N-dealkylation sites (tertiary alicyclic amines) is 1. The van der Waals surface area contributed by atoms with Gasteiger partial charge in [-0.25, -0.2) is 9.97 Å². The molecule has 0 bridgehead atoms. The van der Waals surface area contributed by atoms with Gasteiger partial charge in [-0.3, -0.25) is 9.78 Å². The molecule has 33 heavy (non-hydrogen) atoms. The predicted molar refractivity (Wildman–Crippen MR) is 130 cm³/mol. The molecule has 0 unspecified atom stereocenters. The second kappa shape index (κ2) is 9.94. The van der Waals surface area contributed by atoms with E-state index in [4.69, 9.17) is 9.97 Å². The van der Waals surface area contributed by atoms with E-state index in [1.54, 1.807) is 12.4 Å². The highest BCUT2D eigenvalue weighted by Gasteiger charge is 2.31. The first kappa shape index (κ1) is 21.3. The van der Waals surface area contributed by atoms with Crippen molar-refractivity contribution in [1.29, 1.82) is 0 Å². The molecule has 3 aromatic rings. The average Bonchev–Trinajstić information content (AvgIpc) is 2.90. The summed E-state index contributed by atoms with van der Waals surface area (Å²) in [6, 6.07) is 15.9. The van der Waals surface area contributed by atoms with E-state index in [9.17, 15) is 4.79 Å². The highest BCUT2D eigenvalue weighted by atomic mass is 16.2. The molecular formula is C27H29N5O. The number of pyridine rings is 1. The summed E-state index contributed by atoms with van der Waals surface area (Å²) in [5.41, 5.74) is 2.85. The second-order valence-electron chi connectivity index (χ2n) is 8.83. The third kappa shape index (κ3) is 5.11. The van der Waals surface area contributed by atoms with Gasteiger partial charge in [0.1, 0.15) is 11.6 Å². The lowest BCUT2D eigenvalue weighted by molar-refractivity contribution is -0.137. The molecule has 1 amide bonds. The number of nitrogens with one attached hydrogen (secondary N) is 1. The summed E-state index contributed by atoms with van der Waals surface area (Å²) in [5, 5.41) is 3.42. The van der Waals surface area contributed by atoms with Crippen molar-refractivity contribution < 1.29 is 4.79 Å². The van der Waals surface area contributed by atoms with Gasteiger partial charge in [0.2, 0.25) is 5.91 Å². The van der Waals surface area contributed by atoms with Crippen LogP contribution in [0.5, 0.6) is 0 Å². The lowest BCUT2D eigenvalue weighted by atomic mass is 9.90. The summed E-state index contributed by atoms with van der Waals surface area (Å²) in [7, 11) is 0. The molecule has 168 valence electrons. The van der Waals surface area contributed by atoms with Crippen molar-refractivity contribution >= 4 is 17.4 Å². The molecule has 6 heteroatoms. The first-order valence-electron chi connectivity index (χ1n) is 11.8. The molecule has 2 aromatic heterocycles. The van der Waals surface area contributed by atoms with Gasteiger partial charge < -0.3 is 10.2 Å². The Bertz CT molecular complexity index is 1120. The number of carbonyl (C=O) groups excluding carboxylic acids is 1. The van der Waals surface area contributed by atoms with Gasteiger partial charge in [-0.15, -0.1) is 0 Å². The smallest absolute Gasteiger partial charge is 0.226 e. The highest BCUT2D eigenvalue weighted by Crippen LogP contribution is 2.31. The minimum Gasteiger partial charge on any atom is -0.342 e. The lowest BCUT2D eigenvalue weighted by Crippen LogP contribution is -2.42. The van der Waals surface area contributed by atoms with Crippen molar-refractivity contribution in [2.75, 3.05) is 18.4 Å². The van der Waals surface area contributed by atoms with Crippen LogP contribution in [0.3, 0.4) is 0 Å². The Morgan fingerprint density at radius 3 is 2.64 bits per heavy atom. The van der Waals surface area contributed by atoms with Gasteiger partial charge in [-0.2, -0.15) is 0 Å². The fraction of sp³-hybridized carbons (Fsp3) is 0.333. The molecule has 0 saturated carbocycles. The van der Waals surface area contributed by atoms with Crippen LogP contribution in [0.15, 0.2) is 73.1 Å². The number of benzene rings is 1. The Morgan fingerprint density at radius 2 is 1.85 bits per heavy atom. The van der Waals surface area contributed by atoms with Crippen LogP contribution >= 0.6 is 0 Å². The summed E-state index contributed by atoms with van der Waals surface area (Å²) >= 11 is 0. The summed E-state index contributed by atoms with van der Waals surface area (Å²) in [6.07, 6.45) is 12.7. The predicted octanol–water partition coefficient (Wildman–Crippen LogP) is 5.34. The van der Waals surface area contributed by atoms with Crippen molar-refractivity contribution in [1.82, 2.24) is 19.9 Å². The molecule has 0 radical (unpaired) electrons. The fourth-order valence-corrected chi connectivity index (χ4v) is 4.72. The van der Waals surface area contributed by atoms with Crippen LogP contribution in [0, 0.1) is 5.92 Å². The maximum atomic E-state index is 13.2. The topological polar surface area (TPSA) is 71.0 Å². The van der Waals surface area contributed by atoms with Gasteiger partial charge in [-0.05, 0) is 56.4 Å². The molecule has 1 aromatic carbocycles. The molecular weight excluding hydrogens is 410 g/mol. The van der Waals surface area contributed by atoms with E-state index in [0.29, 0.717) is 6.54 Å². The van der Waals surface area contributed by atoms with Gasteiger partial charge in [0.05, 0.1) is 5.69 Å². The van der Waals surface area contributed by atoms with E-state index in [1.807, 2.05) is 53.4 Å². The normalized spacial score (nSPS) is 20.4. The summed E-state index contributed by atoms with van der Waals surface area (Å²) in [6.45, 7) is 1.51. The zero-order valence-corrected chi connectivity index (χ0v) is 18.7. The van der Waals surface area contributed by atoms with Crippen molar-refractivity contribution in [2.24, 2.45) is 5.92 Å². The molecule has 3 heterocycles. The molecule has 5 rings (SSSR count). The van der Waals surface area contributed by atoms with Crippen LogP contribution in [0.2, 0.25) is 0 Å². The van der Waals surface area contributed by atoms with Crippen LogP contribution in [0.25, 0.3) is 11.3 Å². The monoisotopic (exact) mass is 439 g/mol.